The Morgan fingerprint density at radius 1 is 1.11 bits per heavy atom. The number of benzene rings is 1. The highest BCUT2D eigenvalue weighted by Gasteiger charge is 2.35. The minimum Gasteiger partial charge on any atom is -0.326 e. The highest BCUT2D eigenvalue weighted by Crippen LogP contribution is 2.27. The van der Waals surface area contributed by atoms with Gasteiger partial charge in [0.15, 0.2) is 0 Å². The van der Waals surface area contributed by atoms with Gasteiger partial charge in [0.1, 0.15) is 0 Å². The first-order valence-corrected chi connectivity index (χ1v) is 7.36. The van der Waals surface area contributed by atoms with Gasteiger partial charge in [-0.05, 0) is 63.9 Å². The average Bonchev–Trinajstić information content (AvgIpc) is 2.35. The summed E-state index contributed by atoms with van der Waals surface area (Å²) in [6, 6.07) is 6.86. The van der Waals surface area contributed by atoms with Crippen molar-refractivity contribution in [1.29, 1.82) is 0 Å². The number of likely N-dealkylation sites (N-methyl/N-ethyl adjacent to an activating group) is 1. The number of nitrogens with two attached hydrogens (primary N) is 1. The van der Waals surface area contributed by atoms with Crippen molar-refractivity contribution >= 4 is 0 Å². The van der Waals surface area contributed by atoms with E-state index in [1.807, 2.05) is 0 Å². The zero-order chi connectivity index (χ0) is 14.6. The molecule has 0 saturated heterocycles. The van der Waals surface area contributed by atoms with Crippen molar-refractivity contribution in [2.45, 2.75) is 58.5 Å². The highest BCUT2D eigenvalue weighted by atomic mass is 15.2. The van der Waals surface area contributed by atoms with Gasteiger partial charge in [-0.3, -0.25) is 0 Å². The van der Waals surface area contributed by atoms with Crippen LogP contribution in [0, 0.1) is 13.8 Å². The monoisotopic (exact) mass is 262 g/mol. The summed E-state index contributed by atoms with van der Waals surface area (Å²) >= 11 is 0. The van der Waals surface area contributed by atoms with E-state index in [0.29, 0.717) is 0 Å². The Hall–Kier alpha value is -0.860. The van der Waals surface area contributed by atoms with E-state index in [-0.39, 0.29) is 11.6 Å². The molecule has 1 atom stereocenters. The highest BCUT2D eigenvalue weighted by molar-refractivity contribution is 5.30. The number of hydrogen-bond donors (Lipinski definition) is 1. The molecule has 0 bridgehead atoms. The SMILES string of the molecule is CCC(CC)(C(N)Cc1ccc(C)c(C)c1)N(C)C. The largest absolute Gasteiger partial charge is 0.326 e. The van der Waals surface area contributed by atoms with Crippen LogP contribution in [-0.4, -0.2) is 30.6 Å². The van der Waals surface area contributed by atoms with Crippen molar-refractivity contribution in [3.8, 4) is 0 Å². The lowest BCUT2D eigenvalue weighted by molar-refractivity contribution is 0.105. The van der Waals surface area contributed by atoms with Gasteiger partial charge in [-0.25, -0.2) is 0 Å². The van der Waals surface area contributed by atoms with Crippen molar-refractivity contribution in [2.75, 3.05) is 14.1 Å². The minimum absolute atomic E-state index is 0.0960. The van der Waals surface area contributed by atoms with E-state index in [1.165, 1.54) is 16.7 Å². The van der Waals surface area contributed by atoms with Gasteiger partial charge in [-0.2, -0.15) is 0 Å². The zero-order valence-electron chi connectivity index (χ0n) is 13.5. The summed E-state index contributed by atoms with van der Waals surface area (Å²) in [6.45, 7) is 8.80. The van der Waals surface area contributed by atoms with Crippen LogP contribution in [0.1, 0.15) is 43.4 Å². The van der Waals surface area contributed by atoms with Gasteiger partial charge in [0.25, 0.3) is 0 Å². The molecule has 0 fully saturated rings. The third-order valence-corrected chi connectivity index (χ3v) is 4.83. The molecule has 0 aliphatic heterocycles. The fourth-order valence-corrected chi connectivity index (χ4v) is 3.11. The van der Waals surface area contributed by atoms with Gasteiger partial charge < -0.3 is 10.6 Å². The second-order valence-corrected chi connectivity index (χ2v) is 5.93. The van der Waals surface area contributed by atoms with E-state index in [9.17, 15) is 0 Å². The maximum atomic E-state index is 6.55. The number of aryl methyl sites for hydroxylation is 2. The van der Waals surface area contributed by atoms with Crippen molar-refractivity contribution in [3.63, 3.8) is 0 Å². The summed E-state index contributed by atoms with van der Waals surface area (Å²) in [5.74, 6) is 0. The van der Waals surface area contributed by atoms with E-state index in [1.54, 1.807) is 0 Å². The topological polar surface area (TPSA) is 29.3 Å². The van der Waals surface area contributed by atoms with Crippen LogP contribution in [0.3, 0.4) is 0 Å². The molecule has 0 amide bonds. The third-order valence-electron chi connectivity index (χ3n) is 4.83. The standard InChI is InChI=1S/C17H30N2/c1-7-17(8-2,19(5)6)16(18)12-15-10-9-13(3)14(4)11-15/h9-11,16H,7-8,12,18H2,1-6H3. The lowest BCUT2D eigenvalue weighted by Gasteiger charge is -2.43. The Labute approximate surface area is 119 Å². The molecule has 2 nitrogen and oxygen atoms in total. The Kier molecular flexibility index (Phi) is 5.57. The van der Waals surface area contributed by atoms with E-state index in [0.717, 1.165) is 19.3 Å². The molecule has 1 unspecified atom stereocenters. The summed E-state index contributed by atoms with van der Waals surface area (Å²) in [5, 5.41) is 0. The fourth-order valence-electron chi connectivity index (χ4n) is 3.11. The Morgan fingerprint density at radius 2 is 1.68 bits per heavy atom. The van der Waals surface area contributed by atoms with Gasteiger partial charge in [-0.1, -0.05) is 32.0 Å². The molecule has 2 N–H and O–H groups in total. The van der Waals surface area contributed by atoms with Gasteiger partial charge >= 0.3 is 0 Å². The van der Waals surface area contributed by atoms with Gasteiger partial charge in [0.05, 0.1) is 0 Å². The van der Waals surface area contributed by atoms with E-state index >= 15 is 0 Å². The van der Waals surface area contributed by atoms with Crippen molar-refractivity contribution in [2.24, 2.45) is 5.73 Å². The summed E-state index contributed by atoms with van der Waals surface area (Å²) in [6.07, 6.45) is 3.12. The van der Waals surface area contributed by atoms with Crippen LogP contribution in [0.5, 0.6) is 0 Å². The second-order valence-electron chi connectivity index (χ2n) is 5.93. The molecule has 1 rings (SSSR count). The van der Waals surface area contributed by atoms with Crippen LogP contribution in [0.2, 0.25) is 0 Å². The fraction of sp³-hybridized carbons (Fsp3) is 0.647. The molecule has 1 aromatic carbocycles. The maximum absolute atomic E-state index is 6.55. The molecular formula is C17H30N2. The molecule has 108 valence electrons. The molecule has 0 aliphatic carbocycles. The van der Waals surface area contributed by atoms with Gasteiger partial charge in [0, 0.05) is 11.6 Å². The molecule has 0 aromatic heterocycles. The summed E-state index contributed by atoms with van der Waals surface area (Å²) in [5.41, 5.74) is 10.7. The first-order chi connectivity index (χ1) is 8.87. The Balaban J connectivity index is 2.93. The Bertz CT molecular complexity index is 406. The number of rotatable bonds is 6. The third kappa shape index (κ3) is 3.37. The van der Waals surface area contributed by atoms with Crippen LogP contribution < -0.4 is 5.73 Å². The molecule has 19 heavy (non-hydrogen) atoms. The summed E-state index contributed by atoms with van der Waals surface area (Å²) in [7, 11) is 4.29. The summed E-state index contributed by atoms with van der Waals surface area (Å²) in [4.78, 5) is 2.30. The normalized spacial score (nSPS) is 13.9. The number of nitrogens with zero attached hydrogens (tertiary/aromatic N) is 1. The van der Waals surface area contributed by atoms with E-state index in [2.05, 4.69) is 64.9 Å². The average molecular weight is 262 g/mol. The van der Waals surface area contributed by atoms with E-state index < -0.39 is 0 Å². The Morgan fingerprint density at radius 3 is 2.11 bits per heavy atom. The van der Waals surface area contributed by atoms with Crippen molar-refractivity contribution < 1.29 is 0 Å². The molecule has 0 radical (unpaired) electrons. The van der Waals surface area contributed by atoms with E-state index in [4.69, 9.17) is 5.73 Å². The quantitative estimate of drug-likeness (QED) is 0.852. The molecule has 2 heteroatoms. The van der Waals surface area contributed by atoms with Crippen LogP contribution in [0.15, 0.2) is 18.2 Å². The summed E-state index contributed by atoms with van der Waals surface area (Å²) < 4.78 is 0. The van der Waals surface area contributed by atoms with Crippen LogP contribution in [0.4, 0.5) is 0 Å². The smallest absolute Gasteiger partial charge is 0.0352 e. The van der Waals surface area contributed by atoms with Gasteiger partial charge in [0.2, 0.25) is 0 Å². The van der Waals surface area contributed by atoms with Crippen LogP contribution in [-0.2, 0) is 6.42 Å². The number of hydrogen-bond acceptors (Lipinski definition) is 2. The predicted molar refractivity (Wildman–Crippen MR) is 84.6 cm³/mol. The van der Waals surface area contributed by atoms with Crippen molar-refractivity contribution in [1.82, 2.24) is 4.90 Å². The predicted octanol–water partition coefficient (Wildman–Crippen LogP) is 3.29. The van der Waals surface area contributed by atoms with Crippen molar-refractivity contribution in [3.05, 3.63) is 34.9 Å². The van der Waals surface area contributed by atoms with Crippen LogP contribution >= 0.6 is 0 Å². The minimum atomic E-state index is 0.0960. The molecule has 0 heterocycles. The molecule has 0 spiro atoms. The molecule has 0 saturated carbocycles. The zero-order valence-corrected chi connectivity index (χ0v) is 13.5. The molecular weight excluding hydrogens is 232 g/mol. The first-order valence-electron chi connectivity index (χ1n) is 7.36. The lowest BCUT2D eigenvalue weighted by Crippen LogP contribution is -2.57. The first kappa shape index (κ1) is 16.2. The molecule has 0 aliphatic rings. The van der Waals surface area contributed by atoms with Crippen LogP contribution in [0.25, 0.3) is 0 Å². The second kappa shape index (κ2) is 6.53. The maximum Gasteiger partial charge on any atom is 0.0352 e. The lowest BCUT2D eigenvalue weighted by atomic mass is 9.80. The van der Waals surface area contributed by atoms with Gasteiger partial charge in [-0.15, -0.1) is 0 Å². The molecule has 1 aromatic rings.